The van der Waals surface area contributed by atoms with Crippen LogP contribution in [-0.4, -0.2) is 42.7 Å². The lowest BCUT2D eigenvalue weighted by atomic mass is 10.1. The molecule has 0 atom stereocenters. The number of amides is 1. The van der Waals surface area contributed by atoms with E-state index in [2.05, 4.69) is 20.3 Å². The molecule has 1 saturated carbocycles. The summed E-state index contributed by atoms with van der Waals surface area (Å²) in [5.74, 6) is -2.19. The topological polar surface area (TPSA) is 110 Å². The van der Waals surface area contributed by atoms with Gasteiger partial charge in [0.05, 0.1) is 0 Å². The van der Waals surface area contributed by atoms with Crippen LogP contribution in [0.5, 0.6) is 0 Å². The van der Waals surface area contributed by atoms with Gasteiger partial charge in [0.15, 0.2) is 5.82 Å². The van der Waals surface area contributed by atoms with Crippen molar-refractivity contribution in [2.75, 3.05) is 5.32 Å². The van der Waals surface area contributed by atoms with Crippen molar-refractivity contribution in [2.45, 2.75) is 32.5 Å². The maximum absolute atomic E-state index is 13.9. The van der Waals surface area contributed by atoms with Gasteiger partial charge in [-0.05, 0) is 61.6 Å². The van der Waals surface area contributed by atoms with Crippen molar-refractivity contribution in [3.63, 3.8) is 0 Å². The molecule has 0 saturated heterocycles. The van der Waals surface area contributed by atoms with Crippen LogP contribution in [0.15, 0.2) is 67.4 Å². The van der Waals surface area contributed by atoms with Gasteiger partial charge in [0.2, 0.25) is 0 Å². The molecule has 1 aromatic carbocycles. The number of nitrogens with one attached hydrogen (secondary N) is 1. The molecule has 1 fully saturated rings. The zero-order valence-corrected chi connectivity index (χ0v) is 20.6. The number of benzene rings is 1. The molecule has 0 aliphatic heterocycles. The van der Waals surface area contributed by atoms with Gasteiger partial charge in [-0.2, -0.15) is 13.2 Å². The number of carbonyl (C=O) groups is 2. The zero-order chi connectivity index (χ0) is 28.2. The Morgan fingerprint density at radius 2 is 1.74 bits per heavy atom. The van der Waals surface area contributed by atoms with E-state index in [9.17, 15) is 22.4 Å². The van der Waals surface area contributed by atoms with Gasteiger partial charge in [0, 0.05) is 59.9 Å². The summed E-state index contributed by atoms with van der Waals surface area (Å²) in [7, 11) is 0. The summed E-state index contributed by atoms with van der Waals surface area (Å²) < 4.78 is 47.6. The monoisotopic (exact) mass is 541 g/mol. The Labute approximate surface area is 220 Å². The number of hydrogen-bond donors (Lipinski definition) is 2. The molecule has 1 aliphatic carbocycles. The summed E-state index contributed by atoms with van der Waals surface area (Å²) in [6, 6.07) is 10.3. The zero-order valence-electron chi connectivity index (χ0n) is 20.6. The molecule has 202 valence electrons. The number of carboxylic acids is 1. The van der Waals surface area contributed by atoms with Crippen LogP contribution in [0.1, 0.15) is 28.9 Å². The van der Waals surface area contributed by atoms with Crippen molar-refractivity contribution >= 4 is 17.6 Å². The Balaban J connectivity index is 0.000000448. The average molecular weight is 542 g/mol. The fourth-order valence-corrected chi connectivity index (χ4v) is 3.58. The number of aliphatic carboxylic acids is 1. The highest BCUT2D eigenvalue weighted by atomic mass is 19.4. The van der Waals surface area contributed by atoms with Crippen LogP contribution in [0, 0.1) is 18.7 Å². The highest BCUT2D eigenvalue weighted by molar-refractivity contribution is 6.04. The van der Waals surface area contributed by atoms with Gasteiger partial charge in [-0.1, -0.05) is 6.07 Å². The second kappa shape index (κ2) is 11.4. The molecule has 0 spiro atoms. The SMILES string of the molecule is Cc1ccc(NC(=O)c2cc(-c3cnc(-c4cccnc4)nc3)cn2CC2CC2)cc1F.O=C(O)C(F)(F)F. The molecule has 0 radical (unpaired) electrons. The van der Waals surface area contributed by atoms with Gasteiger partial charge in [-0.3, -0.25) is 9.78 Å². The Bertz CT molecular complexity index is 1470. The van der Waals surface area contributed by atoms with Crippen molar-refractivity contribution < 1.29 is 32.3 Å². The van der Waals surface area contributed by atoms with E-state index >= 15 is 0 Å². The van der Waals surface area contributed by atoms with Crippen molar-refractivity contribution in [1.29, 1.82) is 0 Å². The number of carboxylic acid groups (broad SMARTS) is 1. The maximum Gasteiger partial charge on any atom is 0.490 e. The summed E-state index contributed by atoms with van der Waals surface area (Å²) >= 11 is 0. The lowest BCUT2D eigenvalue weighted by molar-refractivity contribution is -0.192. The minimum absolute atomic E-state index is 0.270. The lowest BCUT2D eigenvalue weighted by Gasteiger charge is -2.09. The molecule has 12 heteroatoms. The summed E-state index contributed by atoms with van der Waals surface area (Å²) in [5.41, 5.74) is 4.03. The molecule has 39 heavy (non-hydrogen) atoms. The van der Waals surface area contributed by atoms with Gasteiger partial charge in [0.1, 0.15) is 11.5 Å². The van der Waals surface area contributed by atoms with E-state index in [4.69, 9.17) is 9.90 Å². The molecule has 4 aromatic rings. The average Bonchev–Trinajstić information content (AvgIpc) is 3.62. The first-order valence-electron chi connectivity index (χ1n) is 11.8. The van der Waals surface area contributed by atoms with Crippen LogP contribution in [0.4, 0.5) is 23.2 Å². The molecule has 0 bridgehead atoms. The van der Waals surface area contributed by atoms with Gasteiger partial charge in [-0.25, -0.2) is 19.2 Å². The highest BCUT2D eigenvalue weighted by Crippen LogP contribution is 2.33. The molecule has 2 N–H and O–H groups in total. The summed E-state index contributed by atoms with van der Waals surface area (Å²) in [5, 5.41) is 9.94. The third kappa shape index (κ3) is 7.24. The first-order valence-corrected chi connectivity index (χ1v) is 11.8. The minimum atomic E-state index is -5.08. The number of aromatic nitrogens is 4. The summed E-state index contributed by atoms with van der Waals surface area (Å²) in [4.78, 5) is 35.0. The summed E-state index contributed by atoms with van der Waals surface area (Å²) in [6.45, 7) is 2.47. The smallest absolute Gasteiger partial charge is 0.475 e. The number of halogens is 4. The third-order valence-electron chi connectivity index (χ3n) is 5.86. The second-order valence-electron chi connectivity index (χ2n) is 8.97. The van der Waals surface area contributed by atoms with Crippen molar-refractivity contribution in [1.82, 2.24) is 19.5 Å². The molecule has 1 aliphatic rings. The molecular formula is C27H23F4N5O3. The number of alkyl halides is 3. The van der Waals surface area contributed by atoms with Gasteiger partial charge < -0.3 is 15.0 Å². The van der Waals surface area contributed by atoms with Crippen LogP contribution >= 0.6 is 0 Å². The van der Waals surface area contributed by atoms with Crippen molar-refractivity contribution in [3.05, 3.63) is 84.5 Å². The Hall–Kier alpha value is -4.61. The standard InChI is InChI=1S/C25H22FN5O.C2HF3O2/c1-16-4-7-21(10-22(16)26)30-25(32)23-9-19(15-31(23)14-17-5-6-17)20-12-28-24(29-13-20)18-3-2-8-27-11-18;3-2(4,5)1(6)7/h2-4,7-13,15,17H,5-6,14H2,1H3,(H,30,32);(H,6,7). The van der Waals surface area contributed by atoms with Crippen molar-refractivity contribution in [2.24, 2.45) is 5.92 Å². The van der Waals surface area contributed by atoms with Gasteiger partial charge in [-0.15, -0.1) is 0 Å². The molecule has 8 nitrogen and oxygen atoms in total. The molecule has 0 unspecified atom stereocenters. The Kier molecular flexibility index (Phi) is 8.03. The Morgan fingerprint density at radius 3 is 2.31 bits per heavy atom. The van der Waals surface area contributed by atoms with E-state index in [1.165, 1.54) is 18.9 Å². The first kappa shape index (κ1) is 27.4. The summed E-state index contributed by atoms with van der Waals surface area (Å²) in [6.07, 6.45) is 6.15. The van der Waals surface area contributed by atoms with Crippen LogP contribution in [0.2, 0.25) is 0 Å². The highest BCUT2D eigenvalue weighted by Gasteiger charge is 2.38. The number of hydrogen-bond acceptors (Lipinski definition) is 5. The van der Waals surface area contributed by atoms with E-state index in [1.807, 2.05) is 29.0 Å². The number of rotatable bonds is 6. The molecule has 3 aromatic heterocycles. The predicted octanol–water partition coefficient (Wildman–Crippen LogP) is 5.75. The quantitative estimate of drug-likeness (QED) is 0.301. The number of nitrogens with zero attached hydrogens (tertiary/aromatic N) is 4. The minimum Gasteiger partial charge on any atom is -0.475 e. The predicted molar refractivity (Wildman–Crippen MR) is 134 cm³/mol. The maximum atomic E-state index is 13.9. The van der Waals surface area contributed by atoms with Crippen LogP contribution in [0.3, 0.4) is 0 Å². The van der Waals surface area contributed by atoms with E-state index < -0.39 is 12.1 Å². The van der Waals surface area contributed by atoms with Gasteiger partial charge >= 0.3 is 12.1 Å². The van der Waals surface area contributed by atoms with E-state index in [-0.39, 0.29) is 11.7 Å². The Morgan fingerprint density at radius 1 is 1.05 bits per heavy atom. The molecule has 1 amide bonds. The molecule has 5 rings (SSSR count). The van der Waals surface area contributed by atoms with Crippen LogP contribution in [-0.2, 0) is 11.3 Å². The fraction of sp³-hybridized carbons (Fsp3) is 0.222. The molecule has 3 heterocycles. The number of anilines is 1. The fourth-order valence-electron chi connectivity index (χ4n) is 3.58. The first-order chi connectivity index (χ1) is 18.5. The third-order valence-corrected chi connectivity index (χ3v) is 5.86. The number of aryl methyl sites for hydroxylation is 1. The van der Waals surface area contributed by atoms with E-state index in [0.717, 1.165) is 23.2 Å². The van der Waals surface area contributed by atoms with E-state index in [0.29, 0.717) is 28.7 Å². The van der Waals surface area contributed by atoms with Gasteiger partial charge in [0.25, 0.3) is 5.91 Å². The van der Waals surface area contributed by atoms with Crippen molar-refractivity contribution in [3.8, 4) is 22.5 Å². The van der Waals surface area contributed by atoms with E-state index in [1.54, 1.807) is 43.8 Å². The molecular weight excluding hydrogens is 518 g/mol. The normalized spacial score (nSPS) is 12.8. The van der Waals surface area contributed by atoms with Crippen LogP contribution < -0.4 is 5.32 Å². The van der Waals surface area contributed by atoms with Crippen LogP contribution in [0.25, 0.3) is 22.5 Å². The number of pyridine rings is 1. The lowest BCUT2D eigenvalue weighted by Crippen LogP contribution is -2.21. The number of carbonyl (C=O) groups excluding carboxylic acids is 1. The second-order valence-corrected chi connectivity index (χ2v) is 8.97. The largest absolute Gasteiger partial charge is 0.490 e.